The van der Waals surface area contributed by atoms with Crippen LogP contribution < -0.4 is 10.6 Å². The Kier molecular flexibility index (Phi) is 5.85. The largest absolute Gasteiger partial charge is 0.310 e. The second kappa shape index (κ2) is 6.66. The van der Waals surface area contributed by atoms with Crippen LogP contribution in [0, 0.1) is 5.41 Å². The highest BCUT2D eigenvalue weighted by atomic mass is 15.0. The monoisotopic (exact) mass is 292 g/mol. The van der Waals surface area contributed by atoms with Crippen molar-refractivity contribution in [2.75, 3.05) is 0 Å². The zero-order valence-electron chi connectivity index (χ0n) is 15.4. The van der Waals surface area contributed by atoms with Crippen LogP contribution >= 0.6 is 0 Å². The van der Waals surface area contributed by atoms with Gasteiger partial charge in [0.25, 0.3) is 0 Å². The Morgan fingerprint density at radius 2 is 1.10 bits per heavy atom. The van der Waals surface area contributed by atoms with Crippen LogP contribution in [0.4, 0.5) is 0 Å². The highest BCUT2D eigenvalue weighted by molar-refractivity contribution is 5.26. The summed E-state index contributed by atoms with van der Waals surface area (Å²) in [7, 11) is 0. The van der Waals surface area contributed by atoms with Crippen molar-refractivity contribution in [3.05, 3.63) is 24.3 Å². The lowest BCUT2D eigenvalue weighted by Gasteiger charge is -2.36. The molecule has 0 amide bonds. The lowest BCUT2D eigenvalue weighted by Crippen LogP contribution is -2.46. The summed E-state index contributed by atoms with van der Waals surface area (Å²) in [5.41, 5.74) is 0.527. The van der Waals surface area contributed by atoms with Crippen molar-refractivity contribution in [1.29, 1.82) is 0 Å². The number of hydrogen-bond donors (Lipinski definition) is 2. The fourth-order valence-corrected chi connectivity index (χ4v) is 3.63. The second-order valence-corrected chi connectivity index (χ2v) is 8.95. The topological polar surface area (TPSA) is 24.1 Å². The molecule has 2 heteroatoms. The van der Waals surface area contributed by atoms with E-state index in [1.54, 1.807) is 0 Å². The first-order chi connectivity index (χ1) is 9.41. The van der Waals surface area contributed by atoms with Gasteiger partial charge in [0, 0.05) is 28.6 Å². The molecule has 0 saturated heterocycles. The number of allylic oxidation sites excluding steroid dienone is 4. The molecule has 1 aliphatic carbocycles. The molecule has 0 aromatic carbocycles. The summed E-state index contributed by atoms with van der Waals surface area (Å²) >= 11 is 0. The third kappa shape index (κ3) is 7.28. The van der Waals surface area contributed by atoms with Crippen LogP contribution in [0.2, 0.25) is 0 Å². The summed E-state index contributed by atoms with van der Waals surface area (Å²) in [4.78, 5) is 0. The van der Waals surface area contributed by atoms with E-state index in [0.29, 0.717) is 12.1 Å². The fourth-order valence-electron chi connectivity index (χ4n) is 3.63. The first kappa shape index (κ1) is 18.4. The van der Waals surface area contributed by atoms with E-state index in [4.69, 9.17) is 0 Å². The zero-order chi connectivity index (χ0) is 16.3. The normalized spacial score (nSPS) is 20.8. The molecule has 0 bridgehead atoms. The van der Waals surface area contributed by atoms with Crippen molar-refractivity contribution in [2.24, 2.45) is 5.41 Å². The van der Waals surface area contributed by atoms with Gasteiger partial charge >= 0.3 is 0 Å². The van der Waals surface area contributed by atoms with Crippen LogP contribution in [0.5, 0.6) is 0 Å². The Bertz CT molecular complexity index is 341. The summed E-state index contributed by atoms with van der Waals surface area (Å²) in [6.45, 7) is 18.0. The van der Waals surface area contributed by atoms with Gasteiger partial charge in [0.2, 0.25) is 0 Å². The van der Waals surface area contributed by atoms with E-state index in [0.717, 1.165) is 12.8 Å². The molecular weight excluding hydrogens is 256 g/mol. The maximum atomic E-state index is 3.70. The van der Waals surface area contributed by atoms with Gasteiger partial charge in [0.15, 0.2) is 0 Å². The number of nitrogens with one attached hydrogen (secondary N) is 2. The molecule has 21 heavy (non-hydrogen) atoms. The quantitative estimate of drug-likeness (QED) is 0.756. The van der Waals surface area contributed by atoms with E-state index in [1.807, 2.05) is 0 Å². The van der Waals surface area contributed by atoms with Crippen LogP contribution in [-0.4, -0.2) is 23.2 Å². The second-order valence-electron chi connectivity index (χ2n) is 8.95. The van der Waals surface area contributed by atoms with Gasteiger partial charge in [-0.2, -0.15) is 0 Å². The van der Waals surface area contributed by atoms with E-state index in [1.165, 1.54) is 0 Å². The minimum Gasteiger partial charge on any atom is -0.310 e. The molecule has 0 fully saturated rings. The molecule has 122 valence electrons. The van der Waals surface area contributed by atoms with Crippen molar-refractivity contribution in [2.45, 2.75) is 91.4 Å². The maximum absolute atomic E-state index is 3.70. The standard InChI is InChI=1S/C19H36N2/c1-15(20-17(3,4)5)13-19(11-9-10-12-19)14-16(2)21-18(6,7)8/h9-12,15-16,20-21H,13-14H2,1-8H3. The molecule has 2 nitrogen and oxygen atoms in total. The Labute approximate surface area is 132 Å². The fraction of sp³-hybridized carbons (Fsp3) is 0.789. The molecule has 1 aliphatic rings. The van der Waals surface area contributed by atoms with E-state index in [2.05, 4.69) is 90.3 Å². The van der Waals surface area contributed by atoms with Gasteiger partial charge in [0.05, 0.1) is 0 Å². The predicted octanol–water partition coefficient (Wildman–Crippen LogP) is 4.43. The molecule has 2 N–H and O–H groups in total. The summed E-state index contributed by atoms with van der Waals surface area (Å²) in [5.74, 6) is 0. The minimum absolute atomic E-state index is 0.169. The molecule has 0 saturated carbocycles. The molecule has 0 heterocycles. The first-order valence-electron chi connectivity index (χ1n) is 8.33. The van der Waals surface area contributed by atoms with Crippen molar-refractivity contribution in [1.82, 2.24) is 10.6 Å². The average Bonchev–Trinajstić information content (AvgIpc) is 2.58. The van der Waals surface area contributed by atoms with E-state index >= 15 is 0 Å². The Hall–Kier alpha value is -0.600. The molecule has 0 spiro atoms. The Balaban J connectivity index is 2.68. The summed E-state index contributed by atoms with van der Waals surface area (Å²) in [5, 5.41) is 7.41. The smallest absolute Gasteiger partial charge is 0.00989 e. The summed E-state index contributed by atoms with van der Waals surface area (Å²) in [6, 6.07) is 0.999. The SMILES string of the molecule is CC(CC1(CC(C)NC(C)(C)C)C=CC=C1)NC(C)(C)C. The van der Waals surface area contributed by atoms with Crippen molar-refractivity contribution in [3.8, 4) is 0 Å². The molecule has 2 atom stereocenters. The molecule has 1 rings (SSSR count). The van der Waals surface area contributed by atoms with Crippen LogP contribution in [0.1, 0.15) is 68.2 Å². The third-order valence-electron chi connectivity index (χ3n) is 3.70. The lowest BCUT2D eigenvalue weighted by molar-refractivity contribution is 0.260. The minimum atomic E-state index is 0.169. The molecule has 0 aliphatic heterocycles. The Morgan fingerprint density at radius 1 is 0.762 bits per heavy atom. The molecule has 0 radical (unpaired) electrons. The third-order valence-corrected chi connectivity index (χ3v) is 3.70. The highest BCUT2D eigenvalue weighted by Gasteiger charge is 2.32. The van der Waals surface area contributed by atoms with E-state index < -0.39 is 0 Å². The molecule has 0 aromatic heterocycles. The first-order valence-corrected chi connectivity index (χ1v) is 8.33. The Morgan fingerprint density at radius 3 is 1.38 bits per heavy atom. The lowest BCUT2D eigenvalue weighted by atomic mass is 9.77. The molecule has 2 unspecified atom stereocenters. The van der Waals surface area contributed by atoms with Gasteiger partial charge in [-0.25, -0.2) is 0 Å². The van der Waals surface area contributed by atoms with Crippen LogP contribution in [0.25, 0.3) is 0 Å². The average molecular weight is 293 g/mol. The van der Waals surface area contributed by atoms with Gasteiger partial charge in [-0.1, -0.05) is 24.3 Å². The maximum Gasteiger partial charge on any atom is 0.00989 e. The van der Waals surface area contributed by atoms with Gasteiger partial charge < -0.3 is 10.6 Å². The van der Waals surface area contributed by atoms with E-state index in [-0.39, 0.29) is 16.5 Å². The van der Waals surface area contributed by atoms with Gasteiger partial charge in [-0.05, 0) is 68.2 Å². The number of hydrogen-bond acceptors (Lipinski definition) is 2. The van der Waals surface area contributed by atoms with Crippen LogP contribution in [-0.2, 0) is 0 Å². The van der Waals surface area contributed by atoms with Crippen molar-refractivity contribution in [3.63, 3.8) is 0 Å². The predicted molar refractivity (Wildman–Crippen MR) is 94.6 cm³/mol. The summed E-state index contributed by atoms with van der Waals surface area (Å²) < 4.78 is 0. The van der Waals surface area contributed by atoms with Crippen molar-refractivity contribution >= 4 is 0 Å². The zero-order valence-corrected chi connectivity index (χ0v) is 15.4. The van der Waals surface area contributed by atoms with Gasteiger partial charge in [-0.15, -0.1) is 0 Å². The van der Waals surface area contributed by atoms with Crippen LogP contribution in [0.15, 0.2) is 24.3 Å². The van der Waals surface area contributed by atoms with Gasteiger partial charge in [0.1, 0.15) is 0 Å². The van der Waals surface area contributed by atoms with E-state index in [9.17, 15) is 0 Å². The van der Waals surface area contributed by atoms with Gasteiger partial charge in [-0.3, -0.25) is 0 Å². The molecular formula is C19H36N2. The van der Waals surface area contributed by atoms with Crippen molar-refractivity contribution < 1.29 is 0 Å². The highest BCUT2D eigenvalue weighted by Crippen LogP contribution is 2.37. The molecule has 0 aromatic rings. The number of rotatable bonds is 6. The summed E-state index contributed by atoms with van der Waals surface area (Å²) in [6.07, 6.45) is 11.5. The van der Waals surface area contributed by atoms with Crippen LogP contribution in [0.3, 0.4) is 0 Å².